The van der Waals surface area contributed by atoms with E-state index in [9.17, 15) is 21.6 Å². The first-order valence-electron chi connectivity index (χ1n) is 4.91. The maximum atomic E-state index is 11.7. The number of benzene rings is 1. The average molecular weight is 304 g/mol. The normalized spacial score (nSPS) is 11.8. The molecule has 0 aliphatic heterocycles. The molecule has 0 unspecified atom stereocenters. The molecule has 0 saturated carbocycles. The van der Waals surface area contributed by atoms with Gasteiger partial charge in [0.2, 0.25) is 15.9 Å². The van der Waals surface area contributed by atoms with Crippen LogP contribution >= 0.6 is 0 Å². The molecule has 9 heteroatoms. The lowest BCUT2D eigenvalue weighted by atomic mass is 10.3. The highest BCUT2D eigenvalue weighted by Gasteiger charge is 2.19. The van der Waals surface area contributed by atoms with E-state index in [-0.39, 0.29) is 10.6 Å². The molecule has 0 saturated heterocycles. The van der Waals surface area contributed by atoms with Gasteiger partial charge in [0, 0.05) is 5.69 Å². The summed E-state index contributed by atoms with van der Waals surface area (Å²) in [5.74, 6) is -0.509. The number of carbonyl (C=O) groups is 1. The Morgan fingerprint density at radius 3 is 2.42 bits per heavy atom. The fraction of sp³-hybridized carbons (Fsp3) is 0.100. The number of sulfonamides is 2. The standard InChI is InChI=1S/C10H12N2O5S2/c1-3-10(13)11-8-5-4-6-9(7-8)19(16,17)12-18(2,14)15/h3-7,12H,1H2,2H3,(H,11,13). The maximum absolute atomic E-state index is 11.7. The Kier molecular flexibility index (Phi) is 4.45. The summed E-state index contributed by atoms with van der Waals surface area (Å²) in [6, 6.07) is 5.17. The minimum Gasteiger partial charge on any atom is -0.322 e. The lowest BCUT2D eigenvalue weighted by Gasteiger charge is -2.07. The fourth-order valence-electron chi connectivity index (χ4n) is 1.18. The number of nitrogens with one attached hydrogen (secondary N) is 2. The van der Waals surface area contributed by atoms with Gasteiger partial charge in [-0.2, -0.15) is 0 Å². The monoisotopic (exact) mass is 304 g/mol. The van der Waals surface area contributed by atoms with Crippen molar-refractivity contribution in [1.29, 1.82) is 0 Å². The van der Waals surface area contributed by atoms with E-state index in [4.69, 9.17) is 0 Å². The first-order chi connectivity index (χ1) is 8.64. The molecule has 0 spiro atoms. The van der Waals surface area contributed by atoms with Gasteiger partial charge in [-0.15, -0.1) is 4.13 Å². The molecule has 0 atom stereocenters. The van der Waals surface area contributed by atoms with Crippen molar-refractivity contribution < 1.29 is 21.6 Å². The number of hydrogen-bond donors (Lipinski definition) is 2. The summed E-state index contributed by atoms with van der Waals surface area (Å²) in [6.45, 7) is 3.25. The first-order valence-corrected chi connectivity index (χ1v) is 8.28. The maximum Gasteiger partial charge on any atom is 0.253 e. The molecule has 104 valence electrons. The molecule has 2 N–H and O–H groups in total. The Bertz CT molecular complexity index is 707. The summed E-state index contributed by atoms with van der Waals surface area (Å²) in [5.41, 5.74) is 0.210. The van der Waals surface area contributed by atoms with Crippen LogP contribution in [0.4, 0.5) is 5.69 Å². The minimum atomic E-state index is -4.20. The van der Waals surface area contributed by atoms with E-state index in [0.717, 1.165) is 18.4 Å². The molecule has 0 aliphatic carbocycles. The quantitative estimate of drug-likeness (QED) is 0.747. The van der Waals surface area contributed by atoms with E-state index >= 15 is 0 Å². The summed E-state index contributed by atoms with van der Waals surface area (Å²) in [4.78, 5) is 10.8. The fourth-order valence-corrected chi connectivity index (χ4v) is 3.70. The smallest absolute Gasteiger partial charge is 0.253 e. The van der Waals surface area contributed by atoms with E-state index < -0.39 is 26.0 Å². The number of hydrogen-bond acceptors (Lipinski definition) is 5. The number of rotatable bonds is 5. The molecule has 0 aliphatic rings. The van der Waals surface area contributed by atoms with Crippen molar-refractivity contribution >= 4 is 31.6 Å². The van der Waals surface area contributed by atoms with Gasteiger partial charge in [0.1, 0.15) is 0 Å². The van der Waals surface area contributed by atoms with Gasteiger partial charge in [0.15, 0.2) is 0 Å². The zero-order valence-electron chi connectivity index (χ0n) is 9.95. The molecule has 0 aromatic heterocycles. The van der Waals surface area contributed by atoms with Crippen molar-refractivity contribution in [2.24, 2.45) is 0 Å². The van der Waals surface area contributed by atoms with Gasteiger partial charge in [-0.05, 0) is 24.3 Å². The lowest BCUT2D eigenvalue weighted by Crippen LogP contribution is -2.29. The van der Waals surface area contributed by atoms with Crippen molar-refractivity contribution in [2.45, 2.75) is 4.90 Å². The minimum absolute atomic E-state index is 0.210. The van der Waals surface area contributed by atoms with Gasteiger partial charge in [-0.25, -0.2) is 16.8 Å². The lowest BCUT2D eigenvalue weighted by molar-refractivity contribution is -0.111. The molecule has 19 heavy (non-hydrogen) atoms. The van der Waals surface area contributed by atoms with Crippen LogP contribution in [0.25, 0.3) is 0 Å². The largest absolute Gasteiger partial charge is 0.322 e. The summed E-state index contributed by atoms with van der Waals surface area (Å²) >= 11 is 0. The molecule has 1 amide bonds. The van der Waals surface area contributed by atoms with Crippen LogP contribution < -0.4 is 9.44 Å². The first kappa shape index (κ1) is 15.3. The van der Waals surface area contributed by atoms with E-state index in [2.05, 4.69) is 11.9 Å². The van der Waals surface area contributed by atoms with Crippen LogP contribution in [0.3, 0.4) is 0 Å². The van der Waals surface area contributed by atoms with Gasteiger partial charge in [-0.1, -0.05) is 12.6 Å². The Labute approximate surface area is 111 Å². The van der Waals surface area contributed by atoms with Gasteiger partial charge in [-0.3, -0.25) is 4.79 Å². The van der Waals surface area contributed by atoms with Crippen molar-refractivity contribution in [3.8, 4) is 0 Å². The van der Waals surface area contributed by atoms with Crippen molar-refractivity contribution in [3.63, 3.8) is 0 Å². The summed E-state index contributed by atoms with van der Waals surface area (Å²) in [7, 11) is -8.11. The van der Waals surface area contributed by atoms with Gasteiger partial charge >= 0.3 is 0 Å². The third-order valence-corrected chi connectivity index (χ3v) is 4.82. The van der Waals surface area contributed by atoms with Gasteiger partial charge in [0.05, 0.1) is 11.2 Å². The second-order valence-corrected chi connectivity index (χ2v) is 7.27. The Balaban J connectivity index is 3.12. The summed E-state index contributed by atoms with van der Waals surface area (Å²) in [6.07, 6.45) is 1.75. The molecular formula is C10H12N2O5S2. The second-order valence-electron chi connectivity index (χ2n) is 3.58. The molecule has 1 aromatic carbocycles. The predicted molar refractivity (Wildman–Crippen MR) is 70.4 cm³/mol. The molecule has 0 radical (unpaired) electrons. The van der Waals surface area contributed by atoms with Crippen LogP contribution in [-0.4, -0.2) is 29.0 Å². The van der Waals surface area contributed by atoms with E-state index in [1.165, 1.54) is 22.3 Å². The SMILES string of the molecule is C=CC(=O)Nc1cccc(S(=O)(=O)NS(C)(=O)=O)c1. The van der Waals surface area contributed by atoms with Crippen LogP contribution in [0.2, 0.25) is 0 Å². The predicted octanol–water partition coefficient (Wildman–Crippen LogP) is 0.0490. The highest BCUT2D eigenvalue weighted by atomic mass is 32.3. The van der Waals surface area contributed by atoms with Gasteiger partial charge in [0.25, 0.3) is 10.0 Å². The average Bonchev–Trinajstić information content (AvgIpc) is 2.26. The molecule has 1 aromatic rings. The molecule has 0 heterocycles. The highest BCUT2D eigenvalue weighted by Crippen LogP contribution is 2.15. The molecule has 7 nitrogen and oxygen atoms in total. The van der Waals surface area contributed by atoms with Crippen LogP contribution in [0.15, 0.2) is 41.8 Å². The number of carbonyl (C=O) groups excluding carboxylic acids is 1. The Morgan fingerprint density at radius 1 is 1.26 bits per heavy atom. The van der Waals surface area contributed by atoms with Crippen LogP contribution in [0, 0.1) is 0 Å². The highest BCUT2D eigenvalue weighted by molar-refractivity contribution is 8.04. The van der Waals surface area contributed by atoms with E-state index in [1.54, 1.807) is 0 Å². The van der Waals surface area contributed by atoms with Crippen LogP contribution in [-0.2, 0) is 24.8 Å². The zero-order chi connectivity index (χ0) is 14.7. The topological polar surface area (TPSA) is 109 Å². The van der Waals surface area contributed by atoms with Crippen molar-refractivity contribution in [1.82, 2.24) is 4.13 Å². The van der Waals surface area contributed by atoms with Crippen molar-refractivity contribution in [2.75, 3.05) is 11.6 Å². The number of amides is 1. The molecule has 0 bridgehead atoms. The summed E-state index contributed by atoms with van der Waals surface area (Å²) in [5, 5.41) is 2.37. The van der Waals surface area contributed by atoms with Crippen molar-refractivity contribution in [3.05, 3.63) is 36.9 Å². The van der Waals surface area contributed by atoms with Crippen LogP contribution in [0.5, 0.6) is 0 Å². The summed E-state index contributed by atoms with van der Waals surface area (Å²) < 4.78 is 46.9. The second kappa shape index (κ2) is 5.51. The molecule has 1 rings (SSSR count). The molecule has 0 fully saturated rings. The Hall–Kier alpha value is -1.71. The van der Waals surface area contributed by atoms with Crippen LogP contribution in [0.1, 0.15) is 0 Å². The third kappa shape index (κ3) is 4.81. The number of anilines is 1. The Morgan fingerprint density at radius 2 is 1.89 bits per heavy atom. The molecular weight excluding hydrogens is 292 g/mol. The van der Waals surface area contributed by atoms with Gasteiger partial charge < -0.3 is 5.32 Å². The van der Waals surface area contributed by atoms with E-state index in [1.807, 2.05) is 0 Å². The zero-order valence-corrected chi connectivity index (χ0v) is 11.6. The third-order valence-electron chi connectivity index (χ3n) is 1.86. The van der Waals surface area contributed by atoms with E-state index in [0.29, 0.717) is 0 Å².